The minimum atomic E-state index is 0.351. The first kappa shape index (κ1) is 12.6. The fourth-order valence-electron chi connectivity index (χ4n) is 2.80. The van der Waals surface area contributed by atoms with Crippen molar-refractivity contribution in [3.63, 3.8) is 0 Å². The van der Waals surface area contributed by atoms with Crippen LogP contribution in [0.25, 0.3) is 0 Å². The zero-order chi connectivity index (χ0) is 12.1. The average molecular weight is 236 g/mol. The fourth-order valence-corrected chi connectivity index (χ4v) is 2.80. The molecule has 4 nitrogen and oxygen atoms in total. The van der Waals surface area contributed by atoms with Crippen molar-refractivity contribution in [2.24, 2.45) is 11.7 Å². The van der Waals surface area contributed by atoms with E-state index in [1.807, 2.05) is 4.68 Å². The predicted octanol–water partition coefficient (Wildman–Crippen LogP) is 2.14. The Labute approximate surface area is 104 Å². The van der Waals surface area contributed by atoms with Crippen LogP contribution in [0.3, 0.4) is 0 Å². The van der Waals surface area contributed by atoms with Crippen LogP contribution in [-0.2, 0) is 13.0 Å². The fraction of sp³-hybridized carbons (Fsp3) is 0.846. The topological polar surface area (TPSA) is 56.7 Å². The lowest BCUT2D eigenvalue weighted by Gasteiger charge is -2.18. The summed E-state index contributed by atoms with van der Waals surface area (Å²) in [6.45, 7) is 3.13. The van der Waals surface area contributed by atoms with E-state index in [4.69, 9.17) is 5.73 Å². The number of rotatable bonds is 6. The lowest BCUT2D eigenvalue weighted by Crippen LogP contribution is -2.29. The second kappa shape index (κ2) is 6.15. The zero-order valence-electron chi connectivity index (χ0n) is 10.8. The maximum absolute atomic E-state index is 6.26. The highest BCUT2D eigenvalue weighted by Gasteiger charge is 2.22. The molecule has 2 N–H and O–H groups in total. The summed E-state index contributed by atoms with van der Waals surface area (Å²) < 4.78 is 2.02. The van der Waals surface area contributed by atoms with Crippen molar-refractivity contribution in [1.82, 2.24) is 14.8 Å². The Kier molecular flexibility index (Phi) is 4.54. The summed E-state index contributed by atoms with van der Waals surface area (Å²) in [5, 5.41) is 4.25. The number of aryl methyl sites for hydroxylation is 2. The van der Waals surface area contributed by atoms with Gasteiger partial charge < -0.3 is 5.73 Å². The largest absolute Gasteiger partial charge is 0.327 e. The molecule has 1 aromatic heterocycles. The van der Waals surface area contributed by atoms with E-state index >= 15 is 0 Å². The van der Waals surface area contributed by atoms with Gasteiger partial charge in [0.1, 0.15) is 12.2 Å². The van der Waals surface area contributed by atoms with Crippen LogP contribution in [0.2, 0.25) is 0 Å². The Bertz CT molecular complexity index is 328. The molecule has 2 rings (SSSR count). The zero-order valence-corrected chi connectivity index (χ0v) is 10.8. The number of nitrogens with two attached hydrogens (primary N) is 1. The van der Waals surface area contributed by atoms with Gasteiger partial charge in [-0.3, -0.25) is 4.68 Å². The van der Waals surface area contributed by atoms with Crippen molar-refractivity contribution >= 4 is 0 Å². The Balaban J connectivity index is 1.81. The Morgan fingerprint density at radius 1 is 1.47 bits per heavy atom. The van der Waals surface area contributed by atoms with E-state index in [2.05, 4.69) is 17.0 Å². The number of hydrogen-bond donors (Lipinski definition) is 1. The van der Waals surface area contributed by atoms with Gasteiger partial charge in [-0.1, -0.05) is 19.8 Å². The first-order valence-electron chi connectivity index (χ1n) is 6.93. The van der Waals surface area contributed by atoms with Gasteiger partial charge in [0, 0.05) is 19.0 Å². The Morgan fingerprint density at radius 2 is 2.24 bits per heavy atom. The lowest BCUT2D eigenvalue weighted by molar-refractivity contribution is 0.403. The molecule has 1 saturated carbocycles. The van der Waals surface area contributed by atoms with Crippen molar-refractivity contribution in [2.75, 3.05) is 0 Å². The molecule has 1 aromatic rings. The molecule has 0 aromatic carbocycles. The minimum absolute atomic E-state index is 0.351. The first-order valence-corrected chi connectivity index (χ1v) is 6.93. The standard InChI is InChI=1S/C13H24N4/c1-2-9-17-13(15-10-16-17)8-7-12(14)11-5-3-4-6-11/h10-12H,2-9,14H2,1H3. The molecule has 0 saturated heterocycles. The molecule has 1 atom stereocenters. The second-order valence-electron chi connectivity index (χ2n) is 5.15. The van der Waals surface area contributed by atoms with E-state index in [0.717, 1.165) is 37.5 Å². The molecule has 0 radical (unpaired) electrons. The maximum Gasteiger partial charge on any atom is 0.138 e. The van der Waals surface area contributed by atoms with Gasteiger partial charge in [0.05, 0.1) is 0 Å². The van der Waals surface area contributed by atoms with Gasteiger partial charge in [-0.25, -0.2) is 4.98 Å². The maximum atomic E-state index is 6.26. The molecule has 96 valence electrons. The summed E-state index contributed by atoms with van der Waals surface area (Å²) in [5.74, 6) is 1.85. The Hall–Kier alpha value is -0.900. The minimum Gasteiger partial charge on any atom is -0.327 e. The lowest BCUT2D eigenvalue weighted by atomic mass is 9.95. The molecule has 1 heterocycles. The first-order chi connectivity index (χ1) is 8.31. The molecule has 1 unspecified atom stereocenters. The normalized spacial score (nSPS) is 18.7. The van der Waals surface area contributed by atoms with Gasteiger partial charge in [0.25, 0.3) is 0 Å². The van der Waals surface area contributed by atoms with E-state index in [1.165, 1.54) is 25.7 Å². The van der Waals surface area contributed by atoms with Gasteiger partial charge in [0.2, 0.25) is 0 Å². The van der Waals surface area contributed by atoms with Gasteiger partial charge in [-0.2, -0.15) is 5.10 Å². The summed E-state index contributed by atoms with van der Waals surface area (Å²) in [5.41, 5.74) is 6.26. The quantitative estimate of drug-likeness (QED) is 0.823. The SMILES string of the molecule is CCCn1ncnc1CCC(N)C1CCCC1. The van der Waals surface area contributed by atoms with Crippen LogP contribution >= 0.6 is 0 Å². The van der Waals surface area contributed by atoms with Crippen molar-refractivity contribution in [1.29, 1.82) is 0 Å². The molecule has 0 spiro atoms. The monoisotopic (exact) mass is 236 g/mol. The van der Waals surface area contributed by atoms with E-state index in [-0.39, 0.29) is 0 Å². The Morgan fingerprint density at radius 3 is 2.94 bits per heavy atom. The van der Waals surface area contributed by atoms with Crippen LogP contribution in [0.1, 0.15) is 51.3 Å². The van der Waals surface area contributed by atoms with E-state index < -0.39 is 0 Å². The van der Waals surface area contributed by atoms with Crippen molar-refractivity contribution in [3.8, 4) is 0 Å². The van der Waals surface area contributed by atoms with E-state index in [0.29, 0.717) is 6.04 Å². The van der Waals surface area contributed by atoms with Gasteiger partial charge >= 0.3 is 0 Å². The van der Waals surface area contributed by atoms with Gasteiger partial charge in [-0.05, 0) is 31.6 Å². The smallest absolute Gasteiger partial charge is 0.138 e. The number of nitrogens with zero attached hydrogens (tertiary/aromatic N) is 3. The second-order valence-corrected chi connectivity index (χ2v) is 5.15. The van der Waals surface area contributed by atoms with Crippen LogP contribution in [0, 0.1) is 5.92 Å². The number of hydrogen-bond acceptors (Lipinski definition) is 3. The molecule has 0 bridgehead atoms. The van der Waals surface area contributed by atoms with Crippen molar-refractivity contribution in [2.45, 2.75) is 64.5 Å². The highest BCUT2D eigenvalue weighted by atomic mass is 15.3. The average Bonchev–Trinajstić information content (AvgIpc) is 2.97. The molecular formula is C13H24N4. The van der Waals surface area contributed by atoms with Crippen LogP contribution in [-0.4, -0.2) is 20.8 Å². The predicted molar refractivity (Wildman–Crippen MR) is 68.6 cm³/mol. The molecule has 0 aliphatic heterocycles. The third kappa shape index (κ3) is 3.28. The van der Waals surface area contributed by atoms with Crippen molar-refractivity contribution < 1.29 is 0 Å². The third-order valence-electron chi connectivity index (χ3n) is 3.84. The van der Waals surface area contributed by atoms with Gasteiger partial charge in [0.15, 0.2) is 0 Å². The molecule has 1 aliphatic carbocycles. The van der Waals surface area contributed by atoms with Crippen molar-refractivity contribution in [3.05, 3.63) is 12.2 Å². The molecular weight excluding hydrogens is 212 g/mol. The number of aromatic nitrogens is 3. The molecule has 1 fully saturated rings. The van der Waals surface area contributed by atoms with Crippen LogP contribution in [0.4, 0.5) is 0 Å². The summed E-state index contributed by atoms with van der Waals surface area (Å²) >= 11 is 0. The summed E-state index contributed by atoms with van der Waals surface area (Å²) in [6.07, 6.45) is 10.2. The summed E-state index contributed by atoms with van der Waals surface area (Å²) in [7, 11) is 0. The molecule has 0 amide bonds. The summed E-state index contributed by atoms with van der Waals surface area (Å²) in [6, 6.07) is 0.351. The summed E-state index contributed by atoms with van der Waals surface area (Å²) in [4.78, 5) is 4.33. The van der Waals surface area contributed by atoms with Crippen LogP contribution in [0.15, 0.2) is 6.33 Å². The van der Waals surface area contributed by atoms with E-state index in [1.54, 1.807) is 6.33 Å². The molecule has 17 heavy (non-hydrogen) atoms. The molecule has 4 heteroatoms. The highest BCUT2D eigenvalue weighted by Crippen LogP contribution is 2.28. The van der Waals surface area contributed by atoms with Crippen LogP contribution in [0.5, 0.6) is 0 Å². The molecule has 1 aliphatic rings. The van der Waals surface area contributed by atoms with Gasteiger partial charge in [-0.15, -0.1) is 0 Å². The van der Waals surface area contributed by atoms with Crippen LogP contribution < -0.4 is 5.73 Å². The van der Waals surface area contributed by atoms with E-state index in [9.17, 15) is 0 Å². The highest BCUT2D eigenvalue weighted by molar-refractivity contribution is 4.88. The third-order valence-corrected chi connectivity index (χ3v) is 3.84.